The van der Waals surface area contributed by atoms with Crippen LogP contribution in [0.5, 0.6) is 5.75 Å². The first kappa shape index (κ1) is 12.7. The van der Waals surface area contributed by atoms with Crippen molar-refractivity contribution in [3.05, 3.63) is 40.9 Å². The highest BCUT2D eigenvalue weighted by Gasteiger charge is 2.05. The Hall–Kier alpha value is -1.79. The Morgan fingerprint density at radius 3 is 2.72 bits per heavy atom. The van der Waals surface area contributed by atoms with Crippen molar-refractivity contribution in [1.29, 1.82) is 0 Å². The lowest BCUT2D eigenvalue weighted by Gasteiger charge is -2.11. The van der Waals surface area contributed by atoms with Crippen LogP contribution in [0.15, 0.2) is 40.9 Å². The van der Waals surface area contributed by atoms with Crippen molar-refractivity contribution in [2.24, 2.45) is 5.84 Å². The Bertz CT molecular complexity index is 547. The molecule has 5 nitrogen and oxygen atoms in total. The molecule has 0 atom stereocenters. The molecular formula is C12H13BrN4O. The van der Waals surface area contributed by atoms with E-state index in [1.54, 1.807) is 13.2 Å². The van der Waals surface area contributed by atoms with Gasteiger partial charge in [-0.3, -0.25) is 0 Å². The monoisotopic (exact) mass is 308 g/mol. The topological polar surface area (TPSA) is 72.2 Å². The Kier molecular flexibility index (Phi) is 4.01. The molecule has 2 rings (SSSR count). The normalized spacial score (nSPS) is 9.94. The number of nitrogens with one attached hydrogen (secondary N) is 2. The third-order valence-corrected chi connectivity index (χ3v) is 2.81. The molecule has 0 aliphatic heterocycles. The molecule has 2 aromatic rings. The van der Waals surface area contributed by atoms with E-state index in [1.807, 2.05) is 30.3 Å². The quantitative estimate of drug-likeness (QED) is 0.598. The van der Waals surface area contributed by atoms with Gasteiger partial charge >= 0.3 is 0 Å². The molecule has 0 aliphatic carbocycles. The summed E-state index contributed by atoms with van der Waals surface area (Å²) in [7, 11) is 1.62. The van der Waals surface area contributed by atoms with E-state index in [0.29, 0.717) is 11.6 Å². The van der Waals surface area contributed by atoms with Crippen LogP contribution in [0.1, 0.15) is 0 Å². The zero-order chi connectivity index (χ0) is 13.0. The SMILES string of the molecule is COc1ccc(Br)cc1Nc1cccc(NN)n1. The second kappa shape index (κ2) is 5.70. The molecule has 0 unspecified atom stereocenters. The summed E-state index contributed by atoms with van der Waals surface area (Å²) < 4.78 is 6.23. The number of hydrogen-bond acceptors (Lipinski definition) is 5. The van der Waals surface area contributed by atoms with Gasteiger partial charge in [0.05, 0.1) is 12.8 Å². The van der Waals surface area contributed by atoms with Crippen molar-refractivity contribution < 1.29 is 4.74 Å². The average Bonchev–Trinajstić information content (AvgIpc) is 2.39. The molecule has 1 heterocycles. The summed E-state index contributed by atoms with van der Waals surface area (Å²) in [6.07, 6.45) is 0. The number of methoxy groups -OCH3 is 1. The fourth-order valence-electron chi connectivity index (χ4n) is 1.50. The number of nitrogen functional groups attached to an aromatic ring is 1. The predicted octanol–water partition coefficient (Wildman–Crippen LogP) is 2.88. The van der Waals surface area contributed by atoms with E-state index in [4.69, 9.17) is 10.6 Å². The Labute approximate surface area is 113 Å². The van der Waals surface area contributed by atoms with Gasteiger partial charge in [-0.25, -0.2) is 10.8 Å². The second-order valence-corrected chi connectivity index (χ2v) is 4.44. The number of benzene rings is 1. The van der Waals surface area contributed by atoms with Crippen molar-refractivity contribution in [1.82, 2.24) is 4.98 Å². The maximum Gasteiger partial charge on any atom is 0.142 e. The minimum atomic E-state index is 0.592. The van der Waals surface area contributed by atoms with Gasteiger partial charge in [0, 0.05) is 4.47 Å². The van der Waals surface area contributed by atoms with E-state index < -0.39 is 0 Å². The summed E-state index contributed by atoms with van der Waals surface area (Å²) in [5.41, 5.74) is 3.33. The van der Waals surface area contributed by atoms with Gasteiger partial charge in [0.2, 0.25) is 0 Å². The van der Waals surface area contributed by atoms with Crippen LogP contribution in [-0.2, 0) is 0 Å². The Morgan fingerprint density at radius 2 is 2.00 bits per heavy atom. The van der Waals surface area contributed by atoms with E-state index in [2.05, 4.69) is 31.7 Å². The summed E-state index contributed by atoms with van der Waals surface area (Å²) in [6, 6.07) is 11.2. The average molecular weight is 309 g/mol. The lowest BCUT2D eigenvalue weighted by Crippen LogP contribution is -2.09. The lowest BCUT2D eigenvalue weighted by molar-refractivity contribution is 0.416. The smallest absolute Gasteiger partial charge is 0.142 e. The first-order valence-electron chi connectivity index (χ1n) is 5.27. The summed E-state index contributed by atoms with van der Waals surface area (Å²) in [6.45, 7) is 0. The fourth-order valence-corrected chi connectivity index (χ4v) is 1.86. The number of rotatable bonds is 4. The Morgan fingerprint density at radius 1 is 1.22 bits per heavy atom. The highest BCUT2D eigenvalue weighted by atomic mass is 79.9. The van der Waals surface area contributed by atoms with Crippen molar-refractivity contribution in [2.45, 2.75) is 0 Å². The van der Waals surface area contributed by atoms with Gasteiger partial charge in [-0.15, -0.1) is 0 Å². The molecule has 0 saturated heterocycles. The number of anilines is 3. The molecule has 0 spiro atoms. The van der Waals surface area contributed by atoms with E-state index in [1.165, 1.54) is 0 Å². The molecule has 0 bridgehead atoms. The van der Waals surface area contributed by atoms with Crippen molar-refractivity contribution in [3.8, 4) is 5.75 Å². The van der Waals surface area contributed by atoms with Crippen molar-refractivity contribution in [3.63, 3.8) is 0 Å². The second-order valence-electron chi connectivity index (χ2n) is 3.52. The van der Waals surface area contributed by atoms with Crippen LogP contribution >= 0.6 is 15.9 Å². The first-order chi connectivity index (χ1) is 8.72. The van der Waals surface area contributed by atoms with Crippen LogP contribution in [0.4, 0.5) is 17.3 Å². The lowest BCUT2D eigenvalue weighted by atomic mass is 10.3. The molecule has 1 aromatic carbocycles. The molecule has 18 heavy (non-hydrogen) atoms. The van der Waals surface area contributed by atoms with Gasteiger partial charge in [-0.1, -0.05) is 22.0 Å². The van der Waals surface area contributed by atoms with Gasteiger partial charge in [-0.05, 0) is 30.3 Å². The molecule has 6 heteroatoms. The van der Waals surface area contributed by atoms with Gasteiger partial charge in [0.15, 0.2) is 0 Å². The third-order valence-electron chi connectivity index (χ3n) is 2.32. The van der Waals surface area contributed by atoms with Gasteiger partial charge in [0.25, 0.3) is 0 Å². The summed E-state index contributed by atoms with van der Waals surface area (Å²) in [5, 5.41) is 3.18. The zero-order valence-electron chi connectivity index (χ0n) is 9.77. The first-order valence-corrected chi connectivity index (χ1v) is 6.06. The van der Waals surface area contributed by atoms with E-state index >= 15 is 0 Å². The van der Waals surface area contributed by atoms with E-state index in [9.17, 15) is 0 Å². The maximum absolute atomic E-state index is 5.32. The highest BCUT2D eigenvalue weighted by molar-refractivity contribution is 9.10. The van der Waals surface area contributed by atoms with Crippen LogP contribution < -0.4 is 21.3 Å². The molecule has 0 saturated carbocycles. The molecule has 1 aromatic heterocycles. The third kappa shape index (κ3) is 2.91. The van der Waals surface area contributed by atoms with Crippen LogP contribution in [0.2, 0.25) is 0 Å². The number of ether oxygens (including phenoxy) is 1. The summed E-state index contributed by atoms with van der Waals surface area (Å²) >= 11 is 3.42. The molecule has 0 radical (unpaired) electrons. The number of pyridine rings is 1. The van der Waals surface area contributed by atoms with Crippen LogP contribution in [0.25, 0.3) is 0 Å². The Balaban J connectivity index is 2.29. The standard InChI is InChI=1S/C12H13BrN4O/c1-18-10-6-5-8(13)7-9(10)15-11-3-2-4-12(16-11)17-14/h2-7H,14H2,1H3,(H2,15,16,17). The number of hydrogen-bond donors (Lipinski definition) is 3. The number of halogens is 1. The van der Waals surface area contributed by atoms with Crippen LogP contribution in [0, 0.1) is 0 Å². The molecular weight excluding hydrogens is 296 g/mol. The zero-order valence-corrected chi connectivity index (χ0v) is 11.4. The largest absolute Gasteiger partial charge is 0.495 e. The van der Waals surface area contributed by atoms with Gasteiger partial charge < -0.3 is 15.5 Å². The number of nitrogens with zero attached hydrogens (tertiary/aromatic N) is 1. The minimum absolute atomic E-state index is 0.592. The number of nitrogens with two attached hydrogens (primary N) is 1. The number of hydrazine groups is 1. The number of aromatic nitrogens is 1. The fraction of sp³-hybridized carbons (Fsp3) is 0.0833. The van der Waals surface area contributed by atoms with Gasteiger partial charge in [-0.2, -0.15) is 0 Å². The van der Waals surface area contributed by atoms with Crippen LogP contribution in [-0.4, -0.2) is 12.1 Å². The molecule has 94 valence electrons. The van der Waals surface area contributed by atoms with E-state index in [-0.39, 0.29) is 0 Å². The van der Waals surface area contributed by atoms with Crippen LogP contribution in [0.3, 0.4) is 0 Å². The highest BCUT2D eigenvalue weighted by Crippen LogP contribution is 2.30. The van der Waals surface area contributed by atoms with Gasteiger partial charge in [0.1, 0.15) is 17.4 Å². The summed E-state index contributed by atoms with van der Waals surface area (Å²) in [5.74, 6) is 7.34. The van der Waals surface area contributed by atoms with Crippen molar-refractivity contribution >= 4 is 33.3 Å². The molecule has 4 N–H and O–H groups in total. The predicted molar refractivity (Wildman–Crippen MR) is 76.0 cm³/mol. The molecule has 0 fully saturated rings. The van der Waals surface area contributed by atoms with E-state index in [0.717, 1.165) is 15.9 Å². The minimum Gasteiger partial charge on any atom is -0.495 e. The molecule has 0 amide bonds. The summed E-state index contributed by atoms with van der Waals surface area (Å²) in [4.78, 5) is 4.27. The maximum atomic E-state index is 5.32. The van der Waals surface area contributed by atoms with Crippen molar-refractivity contribution in [2.75, 3.05) is 17.9 Å². The molecule has 0 aliphatic rings.